The van der Waals surface area contributed by atoms with Gasteiger partial charge in [0.05, 0.1) is 26.0 Å². The monoisotopic (exact) mass is 551 g/mol. The quantitative estimate of drug-likeness (QED) is 0.315. The van der Waals surface area contributed by atoms with E-state index in [1.807, 2.05) is 54.2 Å². The van der Waals surface area contributed by atoms with Gasteiger partial charge in [-0.15, -0.1) is 5.10 Å². The number of pyridine rings is 1. The van der Waals surface area contributed by atoms with Crippen LogP contribution in [0.25, 0.3) is 17.3 Å². The molecule has 1 N–H and O–H groups in total. The number of benzene rings is 2. The van der Waals surface area contributed by atoms with Crippen molar-refractivity contribution in [2.24, 2.45) is 0 Å². The van der Waals surface area contributed by atoms with E-state index in [9.17, 15) is 9.59 Å². The first-order valence-electron chi connectivity index (χ1n) is 13.6. The van der Waals surface area contributed by atoms with E-state index in [-0.39, 0.29) is 11.8 Å². The summed E-state index contributed by atoms with van der Waals surface area (Å²) in [6.07, 6.45) is 6.65. The third-order valence-electron chi connectivity index (χ3n) is 6.85. The summed E-state index contributed by atoms with van der Waals surface area (Å²) in [6.45, 7) is 7.05. The van der Waals surface area contributed by atoms with Gasteiger partial charge >= 0.3 is 0 Å². The van der Waals surface area contributed by atoms with Gasteiger partial charge in [-0.3, -0.25) is 19.2 Å². The molecule has 2 aromatic heterocycles. The molecule has 0 radical (unpaired) electrons. The van der Waals surface area contributed by atoms with Gasteiger partial charge in [0.15, 0.2) is 0 Å². The summed E-state index contributed by atoms with van der Waals surface area (Å²) in [4.78, 5) is 33.9. The minimum atomic E-state index is -0.326. The minimum absolute atomic E-state index is 0.128. The fraction of sp³-hybridized carbons (Fsp3) is 0.258. The number of hydrogen-bond acceptors (Lipinski definition) is 7. The smallest absolute Gasteiger partial charge is 0.258 e. The zero-order chi connectivity index (χ0) is 28.6. The van der Waals surface area contributed by atoms with Gasteiger partial charge < -0.3 is 15.0 Å². The molecule has 10 nitrogen and oxygen atoms in total. The van der Waals surface area contributed by atoms with Crippen molar-refractivity contribution in [3.63, 3.8) is 0 Å². The lowest BCUT2D eigenvalue weighted by molar-refractivity contribution is -0.111. The molecule has 0 saturated carbocycles. The van der Waals surface area contributed by atoms with E-state index in [0.717, 1.165) is 67.5 Å². The number of rotatable bonds is 9. The average Bonchev–Trinajstić information content (AvgIpc) is 3.48. The lowest BCUT2D eigenvalue weighted by atomic mass is 10.1. The van der Waals surface area contributed by atoms with Gasteiger partial charge in [-0.05, 0) is 60.5 Å². The second kappa shape index (κ2) is 13.1. The SMILES string of the molecule is Cc1cccc(N(C)C(=O)c2cccc(/C=C/C(=O)Nc3ccc(-c4cn(CCN5CCOCC5)nn4)cn3)c2)c1. The van der Waals surface area contributed by atoms with Crippen molar-refractivity contribution in [1.29, 1.82) is 0 Å². The summed E-state index contributed by atoms with van der Waals surface area (Å²) < 4.78 is 7.22. The van der Waals surface area contributed by atoms with Crippen molar-refractivity contribution < 1.29 is 14.3 Å². The van der Waals surface area contributed by atoms with Crippen LogP contribution in [0.1, 0.15) is 21.5 Å². The highest BCUT2D eigenvalue weighted by Crippen LogP contribution is 2.19. The topological polar surface area (TPSA) is 105 Å². The third kappa shape index (κ3) is 7.50. The van der Waals surface area contributed by atoms with E-state index in [1.54, 1.807) is 48.5 Å². The first-order chi connectivity index (χ1) is 19.9. The largest absolute Gasteiger partial charge is 0.379 e. The van der Waals surface area contributed by atoms with Crippen LogP contribution in [0.3, 0.4) is 0 Å². The third-order valence-corrected chi connectivity index (χ3v) is 6.85. The Kier molecular flexibility index (Phi) is 8.92. The molecule has 1 fully saturated rings. The number of ether oxygens (including phenoxy) is 1. The summed E-state index contributed by atoms with van der Waals surface area (Å²) in [7, 11) is 1.75. The number of aryl methyl sites for hydroxylation is 1. The number of carbonyl (C=O) groups is 2. The van der Waals surface area contributed by atoms with E-state index in [1.165, 1.54) is 6.08 Å². The molecule has 2 aromatic carbocycles. The Labute approximate surface area is 239 Å². The maximum absolute atomic E-state index is 13.0. The van der Waals surface area contributed by atoms with Crippen LogP contribution in [0.2, 0.25) is 0 Å². The summed E-state index contributed by atoms with van der Waals surface area (Å²) in [5.41, 5.74) is 4.71. The molecule has 1 aliphatic heterocycles. The van der Waals surface area contributed by atoms with E-state index < -0.39 is 0 Å². The van der Waals surface area contributed by atoms with Gasteiger partial charge in [-0.2, -0.15) is 0 Å². The minimum Gasteiger partial charge on any atom is -0.379 e. The van der Waals surface area contributed by atoms with E-state index in [2.05, 4.69) is 25.5 Å². The van der Waals surface area contributed by atoms with Crippen molar-refractivity contribution in [2.45, 2.75) is 13.5 Å². The van der Waals surface area contributed by atoms with Crippen molar-refractivity contribution in [2.75, 3.05) is 50.1 Å². The molecule has 0 bridgehead atoms. The van der Waals surface area contributed by atoms with Crippen LogP contribution >= 0.6 is 0 Å². The van der Waals surface area contributed by atoms with Gasteiger partial charge in [0.25, 0.3) is 5.91 Å². The van der Waals surface area contributed by atoms with Crippen LogP contribution in [0.4, 0.5) is 11.5 Å². The number of anilines is 2. The number of morpholine rings is 1. The number of carbonyl (C=O) groups excluding carboxylic acids is 2. The normalized spacial score (nSPS) is 13.8. The van der Waals surface area contributed by atoms with Crippen molar-refractivity contribution in [3.8, 4) is 11.3 Å². The van der Waals surface area contributed by atoms with Gasteiger partial charge in [0, 0.05) is 55.8 Å². The predicted molar refractivity (Wildman–Crippen MR) is 159 cm³/mol. The van der Waals surface area contributed by atoms with E-state index in [4.69, 9.17) is 4.74 Å². The van der Waals surface area contributed by atoms with Crippen LogP contribution < -0.4 is 10.2 Å². The molecule has 3 heterocycles. The van der Waals surface area contributed by atoms with Crippen molar-refractivity contribution in [3.05, 3.63) is 95.8 Å². The molecule has 1 saturated heterocycles. The van der Waals surface area contributed by atoms with Gasteiger partial charge in [0.1, 0.15) is 11.5 Å². The maximum Gasteiger partial charge on any atom is 0.258 e. The molecule has 41 heavy (non-hydrogen) atoms. The number of nitrogens with one attached hydrogen (secondary N) is 1. The number of hydrogen-bond donors (Lipinski definition) is 1. The fourth-order valence-electron chi connectivity index (χ4n) is 4.49. The molecule has 1 aliphatic rings. The van der Waals surface area contributed by atoms with Gasteiger partial charge in [0.2, 0.25) is 5.91 Å². The lowest BCUT2D eigenvalue weighted by Crippen LogP contribution is -2.38. The Hall–Kier alpha value is -4.67. The van der Waals surface area contributed by atoms with Crippen LogP contribution in [-0.4, -0.2) is 76.6 Å². The first-order valence-corrected chi connectivity index (χ1v) is 13.6. The summed E-state index contributed by atoms with van der Waals surface area (Å²) in [6, 6.07) is 18.5. The molecule has 0 atom stereocenters. The van der Waals surface area contributed by atoms with Crippen molar-refractivity contribution in [1.82, 2.24) is 24.9 Å². The highest BCUT2D eigenvalue weighted by molar-refractivity contribution is 6.06. The Balaban J connectivity index is 1.15. The molecular formula is C31H33N7O3. The molecule has 0 spiro atoms. The van der Waals surface area contributed by atoms with Gasteiger partial charge in [-0.25, -0.2) is 4.98 Å². The van der Waals surface area contributed by atoms with Crippen LogP contribution in [-0.2, 0) is 16.1 Å². The molecule has 5 rings (SSSR count). The Morgan fingerprint density at radius 2 is 1.88 bits per heavy atom. The summed E-state index contributed by atoms with van der Waals surface area (Å²) >= 11 is 0. The molecule has 2 amide bonds. The first kappa shape index (κ1) is 27.9. The molecule has 0 aliphatic carbocycles. The highest BCUT2D eigenvalue weighted by Gasteiger charge is 2.14. The molecule has 10 heteroatoms. The second-order valence-corrected chi connectivity index (χ2v) is 9.90. The zero-order valence-corrected chi connectivity index (χ0v) is 23.2. The average molecular weight is 552 g/mol. The number of aromatic nitrogens is 4. The molecule has 0 unspecified atom stereocenters. The second-order valence-electron chi connectivity index (χ2n) is 9.90. The molecule has 4 aromatic rings. The highest BCUT2D eigenvalue weighted by atomic mass is 16.5. The Bertz CT molecular complexity index is 1520. The van der Waals surface area contributed by atoms with Gasteiger partial charge in [-0.1, -0.05) is 29.5 Å². The molecular weight excluding hydrogens is 518 g/mol. The number of amides is 2. The maximum atomic E-state index is 13.0. The van der Waals surface area contributed by atoms with Crippen LogP contribution in [0.5, 0.6) is 0 Å². The predicted octanol–water partition coefficient (Wildman–Crippen LogP) is 3.91. The fourth-order valence-corrected chi connectivity index (χ4v) is 4.49. The van der Waals surface area contributed by atoms with E-state index >= 15 is 0 Å². The van der Waals surface area contributed by atoms with Crippen molar-refractivity contribution >= 4 is 29.4 Å². The summed E-state index contributed by atoms with van der Waals surface area (Å²) in [5, 5.41) is 11.2. The molecule has 210 valence electrons. The van der Waals surface area contributed by atoms with Crippen LogP contribution in [0, 0.1) is 6.92 Å². The Morgan fingerprint density at radius 3 is 2.66 bits per heavy atom. The van der Waals surface area contributed by atoms with Crippen LogP contribution in [0.15, 0.2) is 79.1 Å². The zero-order valence-electron chi connectivity index (χ0n) is 23.2. The van der Waals surface area contributed by atoms with E-state index in [0.29, 0.717) is 11.4 Å². The number of nitrogens with zero attached hydrogens (tertiary/aromatic N) is 6. The lowest BCUT2D eigenvalue weighted by Gasteiger charge is -2.26. The standard InChI is InChI=1S/C31H33N7O3/c1-23-5-3-8-27(19-23)36(2)31(40)25-7-4-6-24(20-25)9-12-30(39)33-29-11-10-26(21-32-29)28-22-38(35-34-28)14-13-37-15-17-41-18-16-37/h3-12,19-22H,13-18H2,1-2H3,(H,32,33,39)/b12-9+. The summed E-state index contributed by atoms with van der Waals surface area (Å²) in [5.74, 6) is -0.0311. The Morgan fingerprint density at radius 1 is 1.05 bits per heavy atom.